The Morgan fingerprint density at radius 1 is 0.960 bits per heavy atom. The number of carbonyl (C=O) groups is 2. The SMILES string of the molecule is CC(=O)Nc1ccc(NC(=O)c2cnc(NC3CCCC3)cn2)cc1. The highest BCUT2D eigenvalue weighted by molar-refractivity contribution is 6.02. The summed E-state index contributed by atoms with van der Waals surface area (Å²) in [7, 11) is 0. The Balaban J connectivity index is 1.57. The minimum atomic E-state index is -0.327. The predicted octanol–water partition coefficient (Wildman–Crippen LogP) is 3.04. The fourth-order valence-corrected chi connectivity index (χ4v) is 2.83. The second-order valence-electron chi connectivity index (χ2n) is 6.13. The molecule has 0 saturated heterocycles. The van der Waals surface area contributed by atoms with Crippen LogP contribution in [0.25, 0.3) is 0 Å². The van der Waals surface area contributed by atoms with Crippen molar-refractivity contribution in [1.82, 2.24) is 9.97 Å². The molecule has 2 aromatic rings. The normalized spacial score (nSPS) is 14.1. The van der Waals surface area contributed by atoms with Crippen LogP contribution >= 0.6 is 0 Å². The van der Waals surface area contributed by atoms with Gasteiger partial charge in [-0.2, -0.15) is 0 Å². The summed E-state index contributed by atoms with van der Waals surface area (Å²) >= 11 is 0. The van der Waals surface area contributed by atoms with Gasteiger partial charge in [-0.1, -0.05) is 12.8 Å². The Labute approximate surface area is 146 Å². The Morgan fingerprint density at radius 2 is 1.60 bits per heavy atom. The van der Waals surface area contributed by atoms with E-state index in [-0.39, 0.29) is 17.5 Å². The van der Waals surface area contributed by atoms with Crippen molar-refractivity contribution < 1.29 is 9.59 Å². The first-order valence-electron chi connectivity index (χ1n) is 8.38. The largest absolute Gasteiger partial charge is 0.366 e. The van der Waals surface area contributed by atoms with Crippen LogP contribution in [0.1, 0.15) is 43.1 Å². The van der Waals surface area contributed by atoms with Crippen LogP contribution in [-0.2, 0) is 4.79 Å². The fourth-order valence-electron chi connectivity index (χ4n) is 2.83. The number of hydrogen-bond acceptors (Lipinski definition) is 5. The first-order valence-corrected chi connectivity index (χ1v) is 8.38. The van der Waals surface area contributed by atoms with Crippen molar-refractivity contribution in [3.8, 4) is 0 Å². The van der Waals surface area contributed by atoms with Crippen molar-refractivity contribution in [3.63, 3.8) is 0 Å². The summed E-state index contributed by atoms with van der Waals surface area (Å²) in [6, 6.07) is 7.32. The van der Waals surface area contributed by atoms with Crippen LogP contribution in [0, 0.1) is 0 Å². The van der Waals surface area contributed by atoms with E-state index in [1.807, 2.05) is 0 Å². The second-order valence-corrected chi connectivity index (χ2v) is 6.13. The van der Waals surface area contributed by atoms with Gasteiger partial charge < -0.3 is 16.0 Å². The minimum Gasteiger partial charge on any atom is -0.366 e. The third-order valence-electron chi connectivity index (χ3n) is 4.05. The monoisotopic (exact) mass is 339 g/mol. The van der Waals surface area contributed by atoms with Gasteiger partial charge in [0.1, 0.15) is 11.5 Å². The van der Waals surface area contributed by atoms with Gasteiger partial charge in [0.25, 0.3) is 5.91 Å². The Kier molecular flexibility index (Phi) is 5.23. The molecular formula is C18H21N5O2. The molecule has 3 rings (SSSR count). The average molecular weight is 339 g/mol. The number of aromatic nitrogens is 2. The molecule has 7 nitrogen and oxygen atoms in total. The lowest BCUT2D eigenvalue weighted by Crippen LogP contribution is -2.17. The molecule has 1 aliphatic rings. The molecular weight excluding hydrogens is 318 g/mol. The van der Waals surface area contributed by atoms with Crippen molar-refractivity contribution >= 4 is 29.0 Å². The van der Waals surface area contributed by atoms with E-state index in [0.717, 1.165) is 12.8 Å². The molecule has 1 aromatic carbocycles. The molecule has 3 N–H and O–H groups in total. The summed E-state index contributed by atoms with van der Waals surface area (Å²) in [4.78, 5) is 31.7. The minimum absolute atomic E-state index is 0.140. The van der Waals surface area contributed by atoms with E-state index in [0.29, 0.717) is 23.2 Å². The standard InChI is InChI=1S/C18H21N5O2/c1-12(24)21-14-6-8-15(9-7-14)23-18(25)16-10-20-17(11-19-16)22-13-4-2-3-5-13/h6-11,13H,2-5H2,1H3,(H,20,22)(H,21,24)(H,23,25). The van der Waals surface area contributed by atoms with Gasteiger partial charge in [-0.05, 0) is 37.1 Å². The molecule has 0 radical (unpaired) electrons. The lowest BCUT2D eigenvalue weighted by molar-refractivity contribution is -0.114. The van der Waals surface area contributed by atoms with E-state index in [1.54, 1.807) is 30.5 Å². The predicted molar refractivity (Wildman–Crippen MR) is 96.6 cm³/mol. The van der Waals surface area contributed by atoms with E-state index in [1.165, 1.54) is 26.0 Å². The maximum absolute atomic E-state index is 12.2. The van der Waals surface area contributed by atoms with Crippen LogP contribution in [0.3, 0.4) is 0 Å². The second kappa shape index (κ2) is 7.74. The maximum atomic E-state index is 12.2. The maximum Gasteiger partial charge on any atom is 0.275 e. The average Bonchev–Trinajstić information content (AvgIpc) is 3.10. The number of carbonyl (C=O) groups excluding carboxylic acids is 2. The Bertz CT molecular complexity index is 737. The molecule has 7 heteroatoms. The van der Waals surface area contributed by atoms with Gasteiger partial charge in [0, 0.05) is 24.3 Å². The molecule has 25 heavy (non-hydrogen) atoms. The van der Waals surface area contributed by atoms with E-state index in [4.69, 9.17) is 0 Å². The molecule has 1 heterocycles. The molecule has 0 spiro atoms. The highest BCUT2D eigenvalue weighted by Crippen LogP contribution is 2.21. The first kappa shape index (κ1) is 16.9. The molecule has 1 aliphatic carbocycles. The zero-order valence-electron chi connectivity index (χ0n) is 14.1. The van der Waals surface area contributed by atoms with Crippen molar-refractivity contribution in [2.24, 2.45) is 0 Å². The summed E-state index contributed by atoms with van der Waals surface area (Å²) < 4.78 is 0. The number of amides is 2. The third kappa shape index (κ3) is 4.76. The summed E-state index contributed by atoms with van der Waals surface area (Å²) in [6.07, 6.45) is 7.85. The molecule has 2 amide bonds. The van der Waals surface area contributed by atoms with Crippen LogP contribution in [-0.4, -0.2) is 27.8 Å². The van der Waals surface area contributed by atoms with Crippen molar-refractivity contribution in [1.29, 1.82) is 0 Å². The van der Waals surface area contributed by atoms with Crippen LogP contribution in [0.5, 0.6) is 0 Å². The molecule has 0 atom stereocenters. The quantitative estimate of drug-likeness (QED) is 0.778. The Morgan fingerprint density at radius 3 is 2.16 bits per heavy atom. The van der Waals surface area contributed by atoms with E-state index >= 15 is 0 Å². The van der Waals surface area contributed by atoms with Gasteiger partial charge in [0.15, 0.2) is 0 Å². The highest BCUT2D eigenvalue weighted by atomic mass is 16.2. The third-order valence-corrected chi connectivity index (χ3v) is 4.05. The number of benzene rings is 1. The molecule has 1 fully saturated rings. The van der Waals surface area contributed by atoms with Gasteiger partial charge in [-0.15, -0.1) is 0 Å². The van der Waals surface area contributed by atoms with Crippen molar-refractivity contribution in [2.45, 2.75) is 38.6 Å². The Hall–Kier alpha value is -2.96. The number of nitrogens with one attached hydrogen (secondary N) is 3. The van der Waals surface area contributed by atoms with Crippen LogP contribution < -0.4 is 16.0 Å². The van der Waals surface area contributed by atoms with Crippen LogP contribution in [0.2, 0.25) is 0 Å². The van der Waals surface area contributed by atoms with Gasteiger partial charge in [-0.3, -0.25) is 9.59 Å². The van der Waals surface area contributed by atoms with Crippen molar-refractivity contribution in [2.75, 3.05) is 16.0 Å². The van der Waals surface area contributed by atoms with E-state index in [2.05, 4.69) is 25.9 Å². The summed E-state index contributed by atoms with van der Waals surface area (Å²) in [5.74, 6) is 0.230. The van der Waals surface area contributed by atoms with Crippen LogP contribution in [0.4, 0.5) is 17.2 Å². The van der Waals surface area contributed by atoms with E-state index in [9.17, 15) is 9.59 Å². The smallest absolute Gasteiger partial charge is 0.275 e. The molecule has 0 bridgehead atoms. The molecule has 1 saturated carbocycles. The van der Waals surface area contributed by atoms with Crippen molar-refractivity contribution in [3.05, 3.63) is 42.4 Å². The van der Waals surface area contributed by atoms with Gasteiger partial charge >= 0.3 is 0 Å². The molecule has 0 aliphatic heterocycles. The summed E-state index contributed by atoms with van der Waals surface area (Å²) in [6.45, 7) is 1.44. The zero-order valence-corrected chi connectivity index (χ0v) is 14.1. The fraction of sp³-hybridized carbons (Fsp3) is 0.333. The number of anilines is 3. The first-order chi connectivity index (χ1) is 12.1. The highest BCUT2D eigenvalue weighted by Gasteiger charge is 2.15. The van der Waals surface area contributed by atoms with Gasteiger partial charge in [-0.25, -0.2) is 9.97 Å². The summed E-state index contributed by atoms with van der Waals surface area (Å²) in [5, 5.41) is 8.77. The topological polar surface area (TPSA) is 96.0 Å². The number of hydrogen-bond donors (Lipinski definition) is 3. The van der Waals surface area contributed by atoms with Gasteiger partial charge in [0.05, 0.1) is 12.4 Å². The van der Waals surface area contributed by atoms with Gasteiger partial charge in [0.2, 0.25) is 5.91 Å². The molecule has 130 valence electrons. The lowest BCUT2D eigenvalue weighted by Gasteiger charge is -2.12. The number of nitrogens with zero attached hydrogens (tertiary/aromatic N) is 2. The lowest BCUT2D eigenvalue weighted by atomic mass is 10.2. The zero-order chi connectivity index (χ0) is 17.6. The molecule has 0 unspecified atom stereocenters. The van der Waals surface area contributed by atoms with E-state index < -0.39 is 0 Å². The molecule has 1 aromatic heterocycles. The summed E-state index contributed by atoms with van der Waals surface area (Å²) in [5.41, 5.74) is 1.55. The number of rotatable bonds is 5. The van der Waals surface area contributed by atoms with Crippen LogP contribution in [0.15, 0.2) is 36.7 Å².